The summed E-state index contributed by atoms with van der Waals surface area (Å²) >= 11 is 6.14. The summed E-state index contributed by atoms with van der Waals surface area (Å²) in [5.74, 6) is 0.803. The molecular weight excluding hydrogens is 248 g/mol. The van der Waals surface area contributed by atoms with E-state index >= 15 is 0 Å². The molecule has 0 unspecified atom stereocenters. The molecule has 3 nitrogen and oxygen atoms in total. The van der Waals surface area contributed by atoms with Gasteiger partial charge in [-0.1, -0.05) is 11.6 Å². The minimum absolute atomic E-state index is 0.525. The predicted octanol–water partition coefficient (Wildman–Crippen LogP) is 3.39. The van der Waals surface area contributed by atoms with E-state index in [9.17, 15) is 0 Å². The summed E-state index contributed by atoms with van der Waals surface area (Å²) < 4.78 is 5.36. The molecule has 0 heterocycles. The molecule has 0 saturated heterocycles. The van der Waals surface area contributed by atoms with Crippen LogP contribution in [0.1, 0.15) is 25.0 Å². The van der Waals surface area contributed by atoms with Gasteiger partial charge in [-0.2, -0.15) is 5.26 Å². The van der Waals surface area contributed by atoms with Crippen LogP contribution in [0.25, 0.3) is 0 Å². The molecule has 0 N–H and O–H groups in total. The number of benzene rings is 1. The van der Waals surface area contributed by atoms with Gasteiger partial charge in [-0.3, -0.25) is 4.90 Å². The van der Waals surface area contributed by atoms with Crippen LogP contribution >= 0.6 is 11.6 Å². The molecular formula is C14H19ClN2O. The quantitative estimate of drug-likeness (QED) is 0.838. The summed E-state index contributed by atoms with van der Waals surface area (Å²) in [5, 5.41) is 9.84. The van der Waals surface area contributed by atoms with Gasteiger partial charge in [0.1, 0.15) is 11.3 Å². The minimum Gasteiger partial charge on any atom is -0.496 e. The molecule has 0 aromatic heterocycles. The second-order valence-electron chi connectivity index (χ2n) is 4.94. The van der Waals surface area contributed by atoms with E-state index in [2.05, 4.69) is 6.07 Å². The van der Waals surface area contributed by atoms with Crippen LogP contribution in [0, 0.1) is 18.3 Å². The fourth-order valence-electron chi connectivity index (χ4n) is 1.55. The third-order valence-electron chi connectivity index (χ3n) is 3.20. The predicted molar refractivity (Wildman–Crippen MR) is 73.9 cm³/mol. The first-order valence-corrected chi connectivity index (χ1v) is 6.15. The molecule has 0 aliphatic heterocycles. The number of nitriles is 1. The van der Waals surface area contributed by atoms with Crippen molar-refractivity contribution in [1.82, 2.24) is 4.90 Å². The monoisotopic (exact) mass is 266 g/mol. The zero-order valence-corrected chi connectivity index (χ0v) is 12.3. The molecule has 98 valence electrons. The first-order valence-electron chi connectivity index (χ1n) is 5.77. The molecule has 18 heavy (non-hydrogen) atoms. The zero-order valence-electron chi connectivity index (χ0n) is 11.5. The van der Waals surface area contributed by atoms with Gasteiger partial charge < -0.3 is 4.74 Å². The highest BCUT2D eigenvalue weighted by Gasteiger charge is 2.23. The van der Waals surface area contributed by atoms with Crippen molar-refractivity contribution in [2.45, 2.75) is 32.9 Å². The molecule has 0 radical (unpaired) electrons. The van der Waals surface area contributed by atoms with Crippen molar-refractivity contribution in [2.24, 2.45) is 0 Å². The molecule has 0 saturated carbocycles. The molecule has 1 aromatic rings. The average molecular weight is 267 g/mol. The summed E-state index contributed by atoms with van der Waals surface area (Å²) in [7, 11) is 3.55. The zero-order chi connectivity index (χ0) is 13.9. The van der Waals surface area contributed by atoms with E-state index in [1.807, 2.05) is 44.9 Å². The Kier molecular flexibility index (Phi) is 4.61. The number of hydrogen-bond donors (Lipinski definition) is 0. The normalized spacial score (nSPS) is 11.4. The Bertz CT molecular complexity index is 477. The minimum atomic E-state index is -0.525. The lowest BCUT2D eigenvalue weighted by atomic mass is 10.0. The van der Waals surface area contributed by atoms with E-state index in [1.54, 1.807) is 7.11 Å². The molecule has 0 bridgehead atoms. The summed E-state index contributed by atoms with van der Waals surface area (Å²) in [5.41, 5.74) is 1.45. The molecule has 0 fully saturated rings. The van der Waals surface area contributed by atoms with E-state index < -0.39 is 5.54 Å². The fraction of sp³-hybridized carbons (Fsp3) is 0.500. The lowest BCUT2D eigenvalue weighted by molar-refractivity contribution is 0.200. The van der Waals surface area contributed by atoms with Gasteiger partial charge >= 0.3 is 0 Å². The molecule has 4 heteroatoms. The van der Waals surface area contributed by atoms with E-state index in [4.69, 9.17) is 21.6 Å². The Morgan fingerprint density at radius 2 is 2.06 bits per heavy atom. The highest BCUT2D eigenvalue weighted by Crippen LogP contribution is 2.28. The maximum atomic E-state index is 9.12. The number of ether oxygens (including phenoxy) is 1. The standard InChI is InChI=1S/C14H19ClN2O/c1-10-6-13(18-5)11(7-12(10)15)8-17(4)14(2,3)9-16/h6-7H,8H2,1-5H3. The van der Waals surface area contributed by atoms with E-state index in [0.29, 0.717) is 11.6 Å². The average Bonchev–Trinajstić information content (AvgIpc) is 2.33. The lowest BCUT2D eigenvalue weighted by Gasteiger charge is -2.29. The molecule has 1 aromatic carbocycles. The number of hydrogen-bond acceptors (Lipinski definition) is 3. The van der Waals surface area contributed by atoms with Crippen molar-refractivity contribution < 1.29 is 4.74 Å². The van der Waals surface area contributed by atoms with Crippen LogP contribution < -0.4 is 4.74 Å². The van der Waals surface area contributed by atoms with Crippen LogP contribution in [-0.2, 0) is 6.54 Å². The van der Waals surface area contributed by atoms with Crippen LogP contribution in [-0.4, -0.2) is 24.6 Å². The van der Waals surface area contributed by atoms with Crippen molar-refractivity contribution in [2.75, 3.05) is 14.2 Å². The Hall–Kier alpha value is -1.24. The van der Waals surface area contributed by atoms with Gasteiger partial charge in [0.25, 0.3) is 0 Å². The molecule has 0 amide bonds. The van der Waals surface area contributed by atoms with Gasteiger partial charge in [-0.15, -0.1) is 0 Å². The lowest BCUT2D eigenvalue weighted by Crippen LogP contribution is -2.39. The van der Waals surface area contributed by atoms with Crippen molar-refractivity contribution >= 4 is 11.6 Å². The van der Waals surface area contributed by atoms with Gasteiger partial charge in [0.2, 0.25) is 0 Å². The van der Waals surface area contributed by atoms with Crippen molar-refractivity contribution in [1.29, 1.82) is 5.26 Å². The molecule has 0 atom stereocenters. The van der Waals surface area contributed by atoms with Gasteiger partial charge in [0.05, 0.1) is 13.2 Å². The highest BCUT2D eigenvalue weighted by atomic mass is 35.5. The second kappa shape index (κ2) is 5.60. The van der Waals surface area contributed by atoms with Gasteiger partial charge in [-0.05, 0) is 45.5 Å². The molecule has 0 spiro atoms. The number of halogens is 1. The Balaban J connectivity index is 3.05. The van der Waals surface area contributed by atoms with Crippen LogP contribution in [0.2, 0.25) is 5.02 Å². The Morgan fingerprint density at radius 1 is 1.44 bits per heavy atom. The molecule has 0 aliphatic rings. The van der Waals surface area contributed by atoms with Crippen LogP contribution in [0.3, 0.4) is 0 Å². The summed E-state index contributed by atoms with van der Waals surface area (Å²) in [6, 6.07) is 6.10. The third-order valence-corrected chi connectivity index (χ3v) is 3.60. The van der Waals surface area contributed by atoms with Crippen molar-refractivity contribution in [3.8, 4) is 11.8 Å². The fourth-order valence-corrected chi connectivity index (χ4v) is 1.73. The number of aryl methyl sites for hydroxylation is 1. The summed E-state index contributed by atoms with van der Waals surface area (Å²) in [4.78, 5) is 1.97. The van der Waals surface area contributed by atoms with E-state index in [1.165, 1.54) is 0 Å². The Morgan fingerprint density at radius 3 is 2.56 bits per heavy atom. The molecule has 1 rings (SSSR count). The SMILES string of the molecule is COc1cc(C)c(Cl)cc1CN(C)C(C)(C)C#N. The molecule has 0 aliphatic carbocycles. The van der Waals surface area contributed by atoms with E-state index in [-0.39, 0.29) is 0 Å². The largest absolute Gasteiger partial charge is 0.496 e. The van der Waals surface area contributed by atoms with Crippen LogP contribution in [0.4, 0.5) is 0 Å². The topological polar surface area (TPSA) is 36.3 Å². The Labute approximate surface area is 114 Å². The van der Waals surface area contributed by atoms with Crippen LogP contribution in [0.5, 0.6) is 5.75 Å². The highest BCUT2D eigenvalue weighted by molar-refractivity contribution is 6.31. The van der Waals surface area contributed by atoms with Crippen molar-refractivity contribution in [3.63, 3.8) is 0 Å². The number of rotatable bonds is 4. The van der Waals surface area contributed by atoms with E-state index in [0.717, 1.165) is 16.9 Å². The maximum absolute atomic E-state index is 9.12. The second-order valence-corrected chi connectivity index (χ2v) is 5.35. The number of nitrogens with zero attached hydrogens (tertiary/aromatic N) is 2. The maximum Gasteiger partial charge on any atom is 0.123 e. The first kappa shape index (κ1) is 14.8. The smallest absolute Gasteiger partial charge is 0.123 e. The summed E-state index contributed by atoms with van der Waals surface area (Å²) in [6.07, 6.45) is 0. The third kappa shape index (κ3) is 3.16. The van der Waals surface area contributed by atoms with Crippen LogP contribution in [0.15, 0.2) is 12.1 Å². The summed E-state index contributed by atoms with van der Waals surface area (Å²) in [6.45, 7) is 6.33. The number of methoxy groups -OCH3 is 1. The van der Waals surface area contributed by atoms with Gasteiger partial charge in [-0.25, -0.2) is 0 Å². The first-order chi connectivity index (χ1) is 8.31. The van der Waals surface area contributed by atoms with Gasteiger partial charge in [0.15, 0.2) is 0 Å². The van der Waals surface area contributed by atoms with Crippen molar-refractivity contribution in [3.05, 3.63) is 28.3 Å². The van der Waals surface area contributed by atoms with Gasteiger partial charge in [0, 0.05) is 17.1 Å².